The van der Waals surface area contributed by atoms with E-state index >= 15 is 0 Å². The van der Waals surface area contributed by atoms with Gasteiger partial charge in [-0.25, -0.2) is 9.82 Å². The van der Waals surface area contributed by atoms with Gasteiger partial charge in [-0.1, -0.05) is 0 Å². The van der Waals surface area contributed by atoms with Crippen molar-refractivity contribution in [1.82, 2.24) is 14.8 Å². The number of fused-ring (bicyclic) bond motifs is 2. The third kappa shape index (κ3) is 3.54. The molecule has 3 aromatic rings. The molecular weight excluding hydrogens is 384 g/mol. The number of ether oxygens (including phenoxy) is 2. The fourth-order valence-corrected chi connectivity index (χ4v) is 4.66. The summed E-state index contributed by atoms with van der Waals surface area (Å²) in [5, 5.41) is 6.21. The van der Waals surface area contributed by atoms with Gasteiger partial charge >= 0.3 is 0 Å². The first-order valence-electron chi connectivity index (χ1n) is 8.86. The maximum absolute atomic E-state index is 5.74. The monoisotopic (exact) mass is 404 g/mol. The molecule has 2 heterocycles. The van der Waals surface area contributed by atoms with Gasteiger partial charge in [0.15, 0.2) is 5.13 Å². The fraction of sp³-hybridized carbons (Fsp3) is 0.368. The van der Waals surface area contributed by atoms with Gasteiger partial charge in [-0.05, 0) is 43.5 Å². The minimum Gasteiger partial charge on any atom is -0.497 e. The second-order valence-electron chi connectivity index (χ2n) is 6.40. The van der Waals surface area contributed by atoms with E-state index in [1.54, 1.807) is 25.6 Å². The standard InChI is InChI=1S/C19H21ClN4O2S/c1-25-11-7-12-14(24-19-23-13-5-3-4-6-17(13)27-19)9-21-15(10-22-20)18(12)16(8-11)26-2/h7-9,22H,3-6,10H2,1-2H3,(H,23,24). The van der Waals surface area contributed by atoms with Crippen molar-refractivity contribution in [3.05, 3.63) is 34.6 Å². The van der Waals surface area contributed by atoms with Crippen molar-refractivity contribution in [1.29, 1.82) is 0 Å². The van der Waals surface area contributed by atoms with E-state index in [1.165, 1.54) is 23.4 Å². The molecular formula is C19H21ClN4O2S. The van der Waals surface area contributed by atoms with Gasteiger partial charge in [0.25, 0.3) is 0 Å². The summed E-state index contributed by atoms with van der Waals surface area (Å²) in [5.41, 5.74) is 2.90. The van der Waals surface area contributed by atoms with Crippen molar-refractivity contribution < 1.29 is 9.47 Å². The second kappa shape index (κ2) is 7.88. The zero-order valence-electron chi connectivity index (χ0n) is 15.3. The Kier molecular flexibility index (Phi) is 5.33. The highest BCUT2D eigenvalue weighted by Crippen LogP contribution is 2.39. The molecule has 0 aliphatic heterocycles. The molecule has 1 aromatic carbocycles. The van der Waals surface area contributed by atoms with Gasteiger partial charge in [-0.3, -0.25) is 4.98 Å². The van der Waals surface area contributed by atoms with E-state index in [2.05, 4.69) is 15.1 Å². The molecule has 1 aliphatic carbocycles. The molecule has 2 aromatic heterocycles. The molecule has 0 bridgehead atoms. The highest BCUT2D eigenvalue weighted by atomic mass is 35.5. The summed E-state index contributed by atoms with van der Waals surface area (Å²) in [6.45, 7) is 0.423. The lowest BCUT2D eigenvalue weighted by atomic mass is 10.0. The summed E-state index contributed by atoms with van der Waals surface area (Å²) < 4.78 is 11.1. The lowest BCUT2D eigenvalue weighted by Crippen LogP contribution is -2.05. The van der Waals surface area contributed by atoms with Crippen LogP contribution in [0.5, 0.6) is 11.5 Å². The van der Waals surface area contributed by atoms with E-state index in [4.69, 9.17) is 26.2 Å². The summed E-state index contributed by atoms with van der Waals surface area (Å²) in [6.07, 6.45) is 6.46. The first-order chi connectivity index (χ1) is 13.2. The van der Waals surface area contributed by atoms with Gasteiger partial charge in [0, 0.05) is 21.7 Å². The average molecular weight is 405 g/mol. The number of benzene rings is 1. The highest BCUT2D eigenvalue weighted by Gasteiger charge is 2.18. The number of halogens is 1. The van der Waals surface area contributed by atoms with E-state index in [0.717, 1.165) is 45.9 Å². The Morgan fingerprint density at radius 1 is 1.19 bits per heavy atom. The van der Waals surface area contributed by atoms with Crippen LogP contribution in [0.2, 0.25) is 0 Å². The summed E-state index contributed by atoms with van der Waals surface area (Å²) >= 11 is 7.47. The Bertz CT molecular complexity index is 952. The molecule has 0 saturated heterocycles. The van der Waals surface area contributed by atoms with Crippen LogP contribution in [-0.4, -0.2) is 24.2 Å². The largest absolute Gasteiger partial charge is 0.497 e. The molecule has 0 amide bonds. The SMILES string of the molecule is COc1cc(OC)c2c(CNCl)ncc(Nc3nc4c(s3)CCCC4)c2c1. The number of pyridine rings is 1. The molecule has 2 N–H and O–H groups in total. The lowest BCUT2D eigenvalue weighted by Gasteiger charge is -2.15. The van der Waals surface area contributed by atoms with Crippen LogP contribution in [0, 0.1) is 0 Å². The first-order valence-corrected chi connectivity index (χ1v) is 10.1. The summed E-state index contributed by atoms with van der Waals surface area (Å²) in [6, 6.07) is 3.83. The van der Waals surface area contributed by atoms with Crippen LogP contribution in [0.4, 0.5) is 10.8 Å². The molecule has 8 heteroatoms. The minimum atomic E-state index is 0.423. The number of thiazole rings is 1. The number of aryl methyl sites for hydroxylation is 2. The number of aromatic nitrogens is 2. The minimum absolute atomic E-state index is 0.423. The Labute approximate surface area is 167 Å². The summed E-state index contributed by atoms with van der Waals surface area (Å²) in [7, 11) is 3.28. The van der Waals surface area contributed by atoms with Crippen molar-refractivity contribution in [3.63, 3.8) is 0 Å². The zero-order valence-corrected chi connectivity index (χ0v) is 16.8. The fourth-order valence-electron chi connectivity index (χ4n) is 3.47. The van der Waals surface area contributed by atoms with Crippen molar-refractivity contribution >= 4 is 44.7 Å². The quantitative estimate of drug-likeness (QED) is 0.586. The molecule has 0 saturated carbocycles. The summed E-state index contributed by atoms with van der Waals surface area (Å²) in [4.78, 5) is 13.4. The van der Waals surface area contributed by atoms with Gasteiger partial charge < -0.3 is 14.8 Å². The smallest absolute Gasteiger partial charge is 0.187 e. The van der Waals surface area contributed by atoms with E-state index < -0.39 is 0 Å². The molecule has 0 unspecified atom stereocenters. The van der Waals surface area contributed by atoms with Gasteiger partial charge in [-0.2, -0.15) is 0 Å². The highest BCUT2D eigenvalue weighted by molar-refractivity contribution is 7.15. The number of anilines is 2. The van der Waals surface area contributed by atoms with Crippen LogP contribution in [0.1, 0.15) is 29.1 Å². The number of nitrogens with zero attached hydrogens (tertiary/aromatic N) is 2. The Morgan fingerprint density at radius 3 is 2.78 bits per heavy atom. The first kappa shape index (κ1) is 18.3. The van der Waals surface area contributed by atoms with Gasteiger partial charge in [0.2, 0.25) is 0 Å². The van der Waals surface area contributed by atoms with Gasteiger partial charge in [0.05, 0.1) is 44.0 Å². The lowest BCUT2D eigenvalue weighted by molar-refractivity contribution is 0.397. The number of hydrogen-bond donors (Lipinski definition) is 2. The van der Waals surface area contributed by atoms with Crippen LogP contribution in [0.3, 0.4) is 0 Å². The molecule has 0 spiro atoms. The van der Waals surface area contributed by atoms with Crippen molar-refractivity contribution in [2.45, 2.75) is 32.2 Å². The van der Waals surface area contributed by atoms with Crippen LogP contribution in [0.15, 0.2) is 18.3 Å². The predicted octanol–water partition coefficient (Wildman–Crippen LogP) is 4.57. The maximum Gasteiger partial charge on any atom is 0.187 e. The van der Waals surface area contributed by atoms with E-state index in [0.29, 0.717) is 12.3 Å². The average Bonchev–Trinajstić information content (AvgIpc) is 3.11. The normalized spacial score (nSPS) is 13.4. The molecule has 142 valence electrons. The molecule has 0 atom stereocenters. The molecule has 0 fully saturated rings. The predicted molar refractivity (Wildman–Crippen MR) is 110 cm³/mol. The van der Waals surface area contributed by atoms with Crippen LogP contribution in [0.25, 0.3) is 10.8 Å². The van der Waals surface area contributed by atoms with E-state index in [1.807, 2.05) is 18.3 Å². The van der Waals surface area contributed by atoms with Gasteiger partial charge in [0.1, 0.15) is 11.5 Å². The number of methoxy groups -OCH3 is 2. The van der Waals surface area contributed by atoms with E-state index in [9.17, 15) is 0 Å². The van der Waals surface area contributed by atoms with Crippen molar-refractivity contribution in [3.8, 4) is 11.5 Å². The van der Waals surface area contributed by atoms with Crippen LogP contribution in [-0.2, 0) is 19.4 Å². The topological polar surface area (TPSA) is 68.3 Å². The van der Waals surface area contributed by atoms with Crippen LogP contribution >= 0.6 is 23.1 Å². The molecule has 27 heavy (non-hydrogen) atoms. The number of hydrogen-bond acceptors (Lipinski definition) is 7. The summed E-state index contributed by atoms with van der Waals surface area (Å²) in [5.74, 6) is 1.41. The number of rotatable bonds is 6. The molecule has 6 nitrogen and oxygen atoms in total. The molecule has 1 aliphatic rings. The number of nitrogens with one attached hydrogen (secondary N) is 2. The third-order valence-electron chi connectivity index (χ3n) is 4.78. The van der Waals surface area contributed by atoms with E-state index in [-0.39, 0.29) is 0 Å². The third-order valence-corrected chi connectivity index (χ3v) is 5.99. The molecule has 0 radical (unpaired) electrons. The Balaban J connectivity index is 1.82. The van der Waals surface area contributed by atoms with Gasteiger partial charge in [-0.15, -0.1) is 11.3 Å². The Hall–Kier alpha value is -2.09. The maximum atomic E-state index is 5.74. The van der Waals surface area contributed by atoms with Crippen molar-refractivity contribution in [2.24, 2.45) is 0 Å². The molecule has 4 rings (SSSR count). The Morgan fingerprint density at radius 2 is 2.04 bits per heavy atom. The zero-order chi connectivity index (χ0) is 18.8. The second-order valence-corrected chi connectivity index (χ2v) is 7.75. The van der Waals surface area contributed by atoms with Crippen LogP contribution < -0.4 is 19.6 Å². The van der Waals surface area contributed by atoms with Crippen molar-refractivity contribution in [2.75, 3.05) is 19.5 Å².